The Kier molecular flexibility index (Phi) is 4.76. The summed E-state index contributed by atoms with van der Waals surface area (Å²) in [7, 11) is -3.05. The minimum atomic E-state index is -4.14. The maximum absolute atomic E-state index is 13.1. The molecule has 0 heterocycles. The van der Waals surface area contributed by atoms with Gasteiger partial charge in [-0.3, -0.25) is 4.84 Å². The van der Waals surface area contributed by atoms with Crippen molar-refractivity contribution in [2.45, 2.75) is 11.8 Å². The maximum atomic E-state index is 13.1. The van der Waals surface area contributed by atoms with Gasteiger partial charge in [-0.25, -0.2) is 17.6 Å². The number of halogens is 1. The largest absolute Gasteiger partial charge is 0.465 e. The van der Waals surface area contributed by atoms with Crippen molar-refractivity contribution in [2.24, 2.45) is 0 Å². The Morgan fingerprint density at radius 1 is 1.44 bits per heavy atom. The van der Waals surface area contributed by atoms with Gasteiger partial charge in [-0.2, -0.15) is 0 Å². The zero-order valence-electron chi connectivity index (χ0n) is 9.77. The number of benzene rings is 1. The van der Waals surface area contributed by atoms with Crippen LogP contribution < -0.4 is 4.89 Å². The summed E-state index contributed by atoms with van der Waals surface area (Å²) >= 11 is 0. The lowest BCUT2D eigenvalue weighted by Crippen LogP contribution is -2.26. The first-order chi connectivity index (χ1) is 8.42. The molecule has 0 aliphatic rings. The lowest BCUT2D eigenvalue weighted by atomic mass is 10.2. The molecule has 0 saturated heterocycles. The standard InChI is InChI=1S/C10H12FNO5S/c1-3-17-12-18(14,15)9-6-7(11)4-5-8(9)10(13)16-2/h4-6,12H,3H2,1-2H3. The van der Waals surface area contributed by atoms with E-state index in [1.807, 2.05) is 0 Å². The van der Waals surface area contributed by atoms with E-state index in [0.29, 0.717) is 6.07 Å². The van der Waals surface area contributed by atoms with Crippen molar-refractivity contribution in [1.29, 1.82) is 0 Å². The number of hydrogen-bond donors (Lipinski definition) is 1. The fraction of sp³-hybridized carbons (Fsp3) is 0.300. The molecule has 0 aliphatic carbocycles. The van der Waals surface area contributed by atoms with E-state index < -0.39 is 26.7 Å². The van der Waals surface area contributed by atoms with Crippen LogP contribution in [0.5, 0.6) is 0 Å². The van der Waals surface area contributed by atoms with Crippen molar-refractivity contribution in [2.75, 3.05) is 13.7 Å². The molecule has 100 valence electrons. The van der Waals surface area contributed by atoms with Gasteiger partial charge in [0.15, 0.2) is 0 Å². The number of hydrogen-bond acceptors (Lipinski definition) is 5. The smallest absolute Gasteiger partial charge is 0.339 e. The van der Waals surface area contributed by atoms with Crippen molar-refractivity contribution in [3.8, 4) is 0 Å². The van der Waals surface area contributed by atoms with E-state index in [-0.39, 0.29) is 12.2 Å². The molecular weight excluding hydrogens is 265 g/mol. The summed E-state index contributed by atoms with van der Waals surface area (Å²) in [5, 5.41) is 0. The molecule has 0 amide bonds. The second-order valence-corrected chi connectivity index (χ2v) is 4.77. The van der Waals surface area contributed by atoms with Gasteiger partial charge in [0, 0.05) is 0 Å². The Morgan fingerprint density at radius 3 is 2.67 bits per heavy atom. The van der Waals surface area contributed by atoms with Gasteiger partial charge in [0.2, 0.25) is 0 Å². The molecule has 0 atom stereocenters. The molecule has 1 aromatic rings. The summed E-state index contributed by atoms with van der Waals surface area (Å²) in [5.74, 6) is -1.67. The number of carbonyl (C=O) groups excluding carboxylic acids is 1. The second kappa shape index (κ2) is 5.89. The minimum Gasteiger partial charge on any atom is -0.465 e. The van der Waals surface area contributed by atoms with Gasteiger partial charge in [0.05, 0.1) is 19.3 Å². The van der Waals surface area contributed by atoms with Gasteiger partial charge < -0.3 is 4.74 Å². The topological polar surface area (TPSA) is 81.7 Å². The number of esters is 1. The fourth-order valence-electron chi connectivity index (χ4n) is 1.18. The van der Waals surface area contributed by atoms with Gasteiger partial charge in [0.25, 0.3) is 10.0 Å². The molecule has 0 spiro atoms. The van der Waals surface area contributed by atoms with Crippen LogP contribution in [-0.4, -0.2) is 28.1 Å². The number of sulfonamides is 1. The molecular formula is C10H12FNO5S. The van der Waals surface area contributed by atoms with Gasteiger partial charge in [-0.05, 0) is 25.1 Å². The van der Waals surface area contributed by atoms with Crippen LogP contribution in [0.2, 0.25) is 0 Å². The van der Waals surface area contributed by atoms with E-state index in [2.05, 4.69) is 9.57 Å². The Morgan fingerprint density at radius 2 is 2.11 bits per heavy atom. The van der Waals surface area contributed by atoms with Crippen LogP contribution in [0.1, 0.15) is 17.3 Å². The normalized spacial score (nSPS) is 11.3. The Bertz CT molecular complexity index is 543. The highest BCUT2D eigenvalue weighted by Gasteiger charge is 2.24. The third-order valence-corrected chi connectivity index (χ3v) is 3.21. The van der Waals surface area contributed by atoms with Gasteiger partial charge in [-0.1, -0.05) is 4.89 Å². The Hall–Kier alpha value is -1.51. The first-order valence-corrected chi connectivity index (χ1v) is 6.42. The van der Waals surface area contributed by atoms with Crippen LogP contribution in [0.4, 0.5) is 4.39 Å². The van der Waals surface area contributed by atoms with E-state index in [0.717, 1.165) is 19.2 Å². The predicted molar refractivity (Wildman–Crippen MR) is 59.7 cm³/mol. The van der Waals surface area contributed by atoms with Crippen LogP contribution >= 0.6 is 0 Å². The van der Waals surface area contributed by atoms with Crippen molar-refractivity contribution in [3.05, 3.63) is 29.6 Å². The molecule has 6 nitrogen and oxygen atoms in total. The van der Waals surface area contributed by atoms with Gasteiger partial charge in [-0.15, -0.1) is 0 Å². The van der Waals surface area contributed by atoms with Crippen LogP contribution in [0.15, 0.2) is 23.1 Å². The predicted octanol–water partition coefficient (Wildman–Crippen LogP) is 0.842. The zero-order chi connectivity index (χ0) is 13.8. The summed E-state index contributed by atoms with van der Waals surface area (Å²) in [6.45, 7) is 1.65. The number of methoxy groups -OCH3 is 1. The summed E-state index contributed by atoms with van der Waals surface area (Å²) < 4.78 is 41.1. The number of carbonyl (C=O) groups is 1. The first kappa shape index (κ1) is 14.6. The third-order valence-electron chi connectivity index (χ3n) is 1.95. The molecule has 0 saturated carbocycles. The Labute approximate surface area is 104 Å². The highest BCUT2D eigenvalue weighted by Crippen LogP contribution is 2.18. The molecule has 8 heteroatoms. The zero-order valence-corrected chi connectivity index (χ0v) is 10.6. The highest BCUT2D eigenvalue weighted by atomic mass is 32.2. The average Bonchev–Trinajstić information content (AvgIpc) is 2.35. The lowest BCUT2D eigenvalue weighted by Gasteiger charge is -2.09. The van der Waals surface area contributed by atoms with Gasteiger partial charge >= 0.3 is 5.97 Å². The second-order valence-electron chi connectivity index (χ2n) is 3.15. The SMILES string of the molecule is CCONS(=O)(=O)c1cc(F)ccc1C(=O)OC. The van der Waals surface area contributed by atoms with Crippen LogP contribution in [0.3, 0.4) is 0 Å². The van der Waals surface area contributed by atoms with E-state index in [9.17, 15) is 17.6 Å². The van der Waals surface area contributed by atoms with Crippen LogP contribution in [0, 0.1) is 5.82 Å². The molecule has 0 bridgehead atoms. The third kappa shape index (κ3) is 3.25. The van der Waals surface area contributed by atoms with E-state index in [1.165, 1.54) is 0 Å². The molecule has 18 heavy (non-hydrogen) atoms. The van der Waals surface area contributed by atoms with Crippen LogP contribution in [-0.2, 0) is 19.6 Å². The summed E-state index contributed by atoms with van der Waals surface area (Å²) in [6.07, 6.45) is 0. The first-order valence-electron chi connectivity index (χ1n) is 4.94. The van der Waals surface area contributed by atoms with Crippen LogP contribution in [0.25, 0.3) is 0 Å². The maximum Gasteiger partial charge on any atom is 0.339 e. The lowest BCUT2D eigenvalue weighted by molar-refractivity contribution is 0.0595. The van der Waals surface area contributed by atoms with E-state index >= 15 is 0 Å². The van der Waals surface area contributed by atoms with Crippen molar-refractivity contribution < 1.29 is 27.2 Å². The average molecular weight is 277 g/mol. The summed E-state index contributed by atoms with van der Waals surface area (Å²) in [4.78, 5) is 17.2. The molecule has 1 N–H and O–H groups in total. The molecule has 0 radical (unpaired) electrons. The minimum absolute atomic E-state index is 0.0854. The summed E-state index contributed by atoms with van der Waals surface area (Å²) in [5.41, 5.74) is -0.272. The molecule has 1 aromatic carbocycles. The van der Waals surface area contributed by atoms with Crippen molar-refractivity contribution >= 4 is 16.0 Å². The molecule has 0 aliphatic heterocycles. The molecule has 0 aromatic heterocycles. The van der Waals surface area contributed by atoms with Gasteiger partial charge in [0.1, 0.15) is 10.7 Å². The highest BCUT2D eigenvalue weighted by molar-refractivity contribution is 7.89. The number of ether oxygens (including phenoxy) is 1. The molecule has 0 fully saturated rings. The quantitative estimate of drug-likeness (QED) is 0.637. The Balaban J connectivity index is 3.29. The van der Waals surface area contributed by atoms with E-state index in [4.69, 9.17) is 0 Å². The van der Waals surface area contributed by atoms with E-state index in [1.54, 1.807) is 11.8 Å². The van der Waals surface area contributed by atoms with Crippen molar-refractivity contribution in [3.63, 3.8) is 0 Å². The molecule has 1 rings (SSSR count). The fourth-order valence-corrected chi connectivity index (χ4v) is 2.25. The monoisotopic (exact) mass is 277 g/mol. The molecule has 0 unspecified atom stereocenters. The summed E-state index contributed by atoms with van der Waals surface area (Å²) in [6, 6.07) is 2.71. The number of nitrogens with one attached hydrogen (secondary N) is 1. The number of rotatable bonds is 5. The van der Waals surface area contributed by atoms with Crippen molar-refractivity contribution in [1.82, 2.24) is 4.89 Å².